The van der Waals surface area contributed by atoms with Crippen LogP contribution < -0.4 is 5.73 Å². The van der Waals surface area contributed by atoms with E-state index in [1.54, 1.807) is 0 Å². The van der Waals surface area contributed by atoms with E-state index < -0.39 is 31.5 Å². The number of benzene rings is 1. The first-order chi connectivity index (χ1) is 8.77. The Morgan fingerprint density at radius 1 is 1.47 bits per heavy atom. The Labute approximate surface area is 110 Å². The van der Waals surface area contributed by atoms with Crippen LogP contribution in [0.25, 0.3) is 0 Å². The smallest absolute Gasteiger partial charge is 0.304 e. The first-order valence-corrected chi connectivity index (χ1v) is 7.34. The Morgan fingerprint density at radius 3 is 2.58 bits per heavy atom. The van der Waals surface area contributed by atoms with E-state index in [1.807, 2.05) is 0 Å². The van der Waals surface area contributed by atoms with Crippen molar-refractivity contribution in [3.8, 4) is 0 Å². The van der Waals surface area contributed by atoms with Crippen molar-refractivity contribution in [1.82, 2.24) is 0 Å². The molecule has 1 rings (SSSR count). The van der Waals surface area contributed by atoms with Crippen LogP contribution in [0.4, 0.5) is 10.1 Å². The second-order valence-corrected chi connectivity index (χ2v) is 6.66. The highest BCUT2D eigenvalue weighted by Gasteiger charge is 2.22. The average molecular weight is 290 g/mol. The molecule has 0 amide bonds. The molecule has 0 fully saturated rings. The normalized spacial score (nSPS) is 13.2. The third kappa shape index (κ3) is 3.97. The fourth-order valence-corrected chi connectivity index (χ4v) is 3.00. The SMILES string of the molecule is CC(CCN)S(=O)(=O)Cc1ccc([N+](=O)[O-])c(F)c1. The van der Waals surface area contributed by atoms with Gasteiger partial charge in [0, 0.05) is 6.07 Å². The van der Waals surface area contributed by atoms with E-state index in [9.17, 15) is 22.9 Å². The van der Waals surface area contributed by atoms with E-state index in [1.165, 1.54) is 13.0 Å². The predicted molar refractivity (Wildman–Crippen MR) is 68.8 cm³/mol. The maximum atomic E-state index is 13.4. The van der Waals surface area contributed by atoms with Crippen molar-refractivity contribution in [2.45, 2.75) is 24.3 Å². The third-order valence-electron chi connectivity index (χ3n) is 2.76. The molecule has 0 saturated carbocycles. The van der Waals surface area contributed by atoms with Gasteiger partial charge in [-0.15, -0.1) is 0 Å². The molecule has 8 heteroatoms. The summed E-state index contributed by atoms with van der Waals surface area (Å²) < 4.78 is 37.2. The van der Waals surface area contributed by atoms with Crippen LogP contribution in [-0.4, -0.2) is 25.1 Å². The molecule has 106 valence electrons. The van der Waals surface area contributed by atoms with Crippen molar-refractivity contribution >= 4 is 15.5 Å². The van der Waals surface area contributed by atoms with E-state index in [4.69, 9.17) is 5.73 Å². The average Bonchev–Trinajstić information content (AvgIpc) is 2.28. The molecule has 0 aliphatic heterocycles. The summed E-state index contributed by atoms with van der Waals surface area (Å²) in [6.07, 6.45) is 0.317. The Kier molecular flexibility index (Phi) is 4.96. The molecule has 1 unspecified atom stereocenters. The molecule has 1 aromatic rings. The fourth-order valence-electron chi connectivity index (χ4n) is 1.58. The molecule has 0 aliphatic rings. The summed E-state index contributed by atoms with van der Waals surface area (Å²) in [5.41, 5.74) is 4.81. The van der Waals surface area contributed by atoms with Crippen LogP contribution in [0.1, 0.15) is 18.9 Å². The van der Waals surface area contributed by atoms with Crippen LogP contribution in [0.3, 0.4) is 0 Å². The molecule has 0 saturated heterocycles. The van der Waals surface area contributed by atoms with Crippen LogP contribution >= 0.6 is 0 Å². The summed E-state index contributed by atoms with van der Waals surface area (Å²) >= 11 is 0. The minimum Gasteiger partial charge on any atom is -0.330 e. The Bertz CT molecular complexity index is 574. The number of nitro benzene ring substituents is 1. The summed E-state index contributed by atoms with van der Waals surface area (Å²) in [5, 5.41) is 9.82. The summed E-state index contributed by atoms with van der Waals surface area (Å²) in [5.74, 6) is -1.40. The minimum absolute atomic E-state index is 0.187. The van der Waals surface area contributed by atoms with Crippen LogP contribution in [0.5, 0.6) is 0 Å². The second kappa shape index (κ2) is 6.07. The van der Waals surface area contributed by atoms with E-state index >= 15 is 0 Å². The van der Waals surface area contributed by atoms with Gasteiger partial charge in [0.25, 0.3) is 0 Å². The van der Waals surface area contributed by atoms with Gasteiger partial charge in [0.2, 0.25) is 5.82 Å². The lowest BCUT2D eigenvalue weighted by Gasteiger charge is -2.11. The topological polar surface area (TPSA) is 103 Å². The Hall–Kier alpha value is -1.54. The number of nitrogens with zero attached hydrogens (tertiary/aromatic N) is 1. The van der Waals surface area contributed by atoms with E-state index in [-0.39, 0.29) is 17.9 Å². The van der Waals surface area contributed by atoms with Crippen LogP contribution in [0, 0.1) is 15.9 Å². The molecule has 6 nitrogen and oxygen atoms in total. The second-order valence-electron chi connectivity index (χ2n) is 4.24. The van der Waals surface area contributed by atoms with Gasteiger partial charge in [-0.3, -0.25) is 10.1 Å². The predicted octanol–water partition coefficient (Wildman–Crippen LogP) is 1.39. The molecule has 1 aromatic carbocycles. The first kappa shape index (κ1) is 15.5. The highest BCUT2D eigenvalue weighted by molar-refractivity contribution is 7.91. The highest BCUT2D eigenvalue weighted by atomic mass is 32.2. The number of hydrogen-bond acceptors (Lipinski definition) is 5. The molecule has 0 aromatic heterocycles. The van der Waals surface area contributed by atoms with Gasteiger partial charge in [-0.05, 0) is 31.5 Å². The number of sulfone groups is 1. The van der Waals surface area contributed by atoms with Gasteiger partial charge in [0.1, 0.15) is 0 Å². The zero-order valence-electron chi connectivity index (χ0n) is 10.4. The maximum Gasteiger partial charge on any atom is 0.304 e. The lowest BCUT2D eigenvalue weighted by molar-refractivity contribution is -0.387. The van der Waals surface area contributed by atoms with Gasteiger partial charge in [0.15, 0.2) is 9.84 Å². The quantitative estimate of drug-likeness (QED) is 0.629. The van der Waals surface area contributed by atoms with Crippen LogP contribution in [0.15, 0.2) is 18.2 Å². The summed E-state index contributed by atoms with van der Waals surface area (Å²) in [6, 6.07) is 3.09. The van der Waals surface area contributed by atoms with Crippen molar-refractivity contribution in [2.24, 2.45) is 5.73 Å². The van der Waals surface area contributed by atoms with Crippen LogP contribution in [0.2, 0.25) is 0 Å². The lowest BCUT2D eigenvalue weighted by atomic mass is 10.2. The number of hydrogen-bond donors (Lipinski definition) is 1. The zero-order chi connectivity index (χ0) is 14.6. The first-order valence-electron chi connectivity index (χ1n) is 5.62. The number of nitrogens with two attached hydrogens (primary N) is 1. The van der Waals surface area contributed by atoms with Gasteiger partial charge in [-0.25, -0.2) is 8.42 Å². The van der Waals surface area contributed by atoms with Gasteiger partial charge in [-0.1, -0.05) is 6.07 Å². The highest BCUT2D eigenvalue weighted by Crippen LogP contribution is 2.20. The van der Waals surface area contributed by atoms with Crippen molar-refractivity contribution in [3.63, 3.8) is 0 Å². The molecular formula is C11H15FN2O4S. The monoisotopic (exact) mass is 290 g/mol. The van der Waals surface area contributed by atoms with Crippen molar-refractivity contribution in [3.05, 3.63) is 39.7 Å². The number of halogens is 1. The van der Waals surface area contributed by atoms with Gasteiger partial charge in [0.05, 0.1) is 15.9 Å². The Morgan fingerprint density at radius 2 is 2.11 bits per heavy atom. The Balaban J connectivity index is 2.95. The largest absolute Gasteiger partial charge is 0.330 e. The molecule has 0 bridgehead atoms. The molecule has 0 radical (unpaired) electrons. The lowest BCUT2D eigenvalue weighted by Crippen LogP contribution is -2.22. The number of rotatable bonds is 6. The summed E-state index contributed by atoms with van der Waals surface area (Å²) in [6.45, 7) is 1.78. The molecule has 0 spiro atoms. The van der Waals surface area contributed by atoms with Crippen molar-refractivity contribution in [1.29, 1.82) is 0 Å². The maximum absolute atomic E-state index is 13.4. The van der Waals surface area contributed by atoms with Crippen molar-refractivity contribution in [2.75, 3.05) is 6.54 Å². The molecule has 2 N–H and O–H groups in total. The summed E-state index contributed by atoms with van der Waals surface area (Å²) in [7, 11) is -3.44. The molecule has 19 heavy (non-hydrogen) atoms. The van der Waals surface area contributed by atoms with E-state index in [0.29, 0.717) is 6.42 Å². The van der Waals surface area contributed by atoms with Gasteiger partial charge < -0.3 is 5.73 Å². The molecule has 1 atom stereocenters. The fraction of sp³-hybridized carbons (Fsp3) is 0.455. The van der Waals surface area contributed by atoms with E-state index in [2.05, 4.69) is 0 Å². The van der Waals surface area contributed by atoms with Crippen molar-refractivity contribution < 1.29 is 17.7 Å². The number of nitro groups is 1. The minimum atomic E-state index is -3.44. The third-order valence-corrected chi connectivity index (χ3v) is 4.96. The van der Waals surface area contributed by atoms with E-state index in [0.717, 1.165) is 12.1 Å². The summed E-state index contributed by atoms with van der Waals surface area (Å²) in [4.78, 5) is 9.59. The van der Waals surface area contributed by atoms with Gasteiger partial charge in [-0.2, -0.15) is 4.39 Å². The molecule has 0 aliphatic carbocycles. The zero-order valence-corrected chi connectivity index (χ0v) is 11.2. The standard InChI is InChI=1S/C11H15FN2O4S/c1-8(4-5-13)19(17,18)7-9-2-3-11(14(15)16)10(12)6-9/h2-3,6,8H,4-5,7,13H2,1H3. The molecular weight excluding hydrogens is 275 g/mol. The van der Waals surface area contributed by atoms with Gasteiger partial charge >= 0.3 is 5.69 Å². The van der Waals surface area contributed by atoms with Crippen LogP contribution in [-0.2, 0) is 15.6 Å². The molecule has 0 heterocycles.